The second kappa shape index (κ2) is 4.69. The lowest BCUT2D eigenvalue weighted by Gasteiger charge is -2.14. The third kappa shape index (κ3) is 1.94. The van der Waals surface area contributed by atoms with Gasteiger partial charge in [-0.25, -0.2) is 0 Å². The van der Waals surface area contributed by atoms with Crippen molar-refractivity contribution in [2.75, 3.05) is 0 Å². The Bertz CT molecular complexity index is 814. The number of hydrogen-bond acceptors (Lipinski definition) is 2. The maximum absolute atomic E-state index is 10.8. The normalized spacial score (nSPS) is 14.8. The Morgan fingerprint density at radius 1 is 1.05 bits per heavy atom. The van der Waals surface area contributed by atoms with E-state index in [9.17, 15) is 5.11 Å². The van der Waals surface area contributed by atoms with E-state index in [0.29, 0.717) is 0 Å². The molecule has 0 radical (unpaired) electrons. The van der Waals surface area contributed by atoms with Crippen LogP contribution in [0.15, 0.2) is 36.4 Å². The van der Waals surface area contributed by atoms with Gasteiger partial charge < -0.3 is 5.11 Å². The van der Waals surface area contributed by atoms with E-state index in [4.69, 9.17) is 0 Å². The van der Waals surface area contributed by atoms with Gasteiger partial charge >= 0.3 is 0 Å². The second-order valence-electron chi connectivity index (χ2n) is 5.94. The first-order chi connectivity index (χ1) is 10.1. The Kier molecular flexibility index (Phi) is 2.91. The number of thiophene rings is 1. The molecule has 1 aromatic heterocycles. The van der Waals surface area contributed by atoms with Crippen molar-refractivity contribution in [2.24, 2.45) is 0 Å². The fourth-order valence-corrected chi connectivity index (χ4v) is 4.45. The van der Waals surface area contributed by atoms with Crippen molar-refractivity contribution in [1.82, 2.24) is 0 Å². The summed E-state index contributed by atoms with van der Waals surface area (Å²) >= 11 is 1.70. The van der Waals surface area contributed by atoms with Gasteiger partial charge in [0.2, 0.25) is 0 Å². The second-order valence-corrected chi connectivity index (χ2v) is 7.23. The van der Waals surface area contributed by atoms with Crippen molar-refractivity contribution in [3.63, 3.8) is 0 Å². The molecule has 3 aromatic rings. The minimum absolute atomic E-state index is 0.521. The van der Waals surface area contributed by atoms with Gasteiger partial charge in [-0.3, -0.25) is 0 Å². The maximum atomic E-state index is 10.8. The molecule has 0 saturated heterocycles. The van der Waals surface area contributed by atoms with Crippen LogP contribution in [0.5, 0.6) is 0 Å². The Balaban J connectivity index is 1.91. The van der Waals surface area contributed by atoms with Crippen LogP contribution in [0.1, 0.15) is 38.1 Å². The monoisotopic (exact) mass is 294 g/mol. The van der Waals surface area contributed by atoms with Gasteiger partial charge in [-0.05, 0) is 65.8 Å². The van der Waals surface area contributed by atoms with Crippen molar-refractivity contribution in [3.8, 4) is 0 Å². The molecule has 21 heavy (non-hydrogen) atoms. The summed E-state index contributed by atoms with van der Waals surface area (Å²) in [5, 5.41) is 13.4. The molecular formula is C19H18OS. The summed E-state index contributed by atoms with van der Waals surface area (Å²) in [5.74, 6) is 0. The van der Waals surface area contributed by atoms with Crippen LogP contribution in [0.4, 0.5) is 0 Å². The third-order valence-electron chi connectivity index (χ3n) is 4.66. The number of aliphatic hydroxyl groups is 1. The molecule has 1 N–H and O–H groups in total. The van der Waals surface area contributed by atoms with Crippen molar-refractivity contribution in [1.29, 1.82) is 0 Å². The van der Waals surface area contributed by atoms with Gasteiger partial charge in [-0.2, -0.15) is 0 Å². The summed E-state index contributed by atoms with van der Waals surface area (Å²) in [6.07, 6.45) is 1.74. The van der Waals surface area contributed by atoms with Crippen LogP contribution < -0.4 is 0 Å². The molecule has 106 valence electrons. The Labute approximate surface area is 128 Å². The molecule has 0 amide bonds. The van der Waals surface area contributed by atoms with Crippen LogP contribution in [0.3, 0.4) is 0 Å². The van der Waals surface area contributed by atoms with Gasteiger partial charge in [0.15, 0.2) is 0 Å². The van der Waals surface area contributed by atoms with Gasteiger partial charge in [0.05, 0.1) is 0 Å². The highest BCUT2D eigenvalue weighted by atomic mass is 32.1. The van der Waals surface area contributed by atoms with E-state index in [1.807, 2.05) is 0 Å². The number of aliphatic hydroxyl groups excluding tert-OH is 1. The predicted octanol–water partition coefficient (Wildman–Crippen LogP) is 4.70. The highest BCUT2D eigenvalue weighted by Gasteiger charge is 2.21. The van der Waals surface area contributed by atoms with E-state index in [2.05, 4.69) is 50.2 Å². The summed E-state index contributed by atoms with van der Waals surface area (Å²) in [7, 11) is 0. The van der Waals surface area contributed by atoms with Gasteiger partial charge in [0.25, 0.3) is 0 Å². The van der Waals surface area contributed by atoms with Crippen LogP contribution in [-0.2, 0) is 12.8 Å². The molecule has 1 heterocycles. The van der Waals surface area contributed by atoms with E-state index >= 15 is 0 Å². The quantitative estimate of drug-likeness (QED) is 0.726. The molecule has 2 heteroatoms. The molecule has 0 fully saturated rings. The maximum Gasteiger partial charge on any atom is 0.114 e. The van der Waals surface area contributed by atoms with Crippen LogP contribution in [-0.4, -0.2) is 5.11 Å². The van der Waals surface area contributed by atoms with Crippen molar-refractivity contribution in [3.05, 3.63) is 68.4 Å². The van der Waals surface area contributed by atoms with E-state index in [-0.39, 0.29) is 0 Å². The van der Waals surface area contributed by atoms with Crippen LogP contribution in [0.2, 0.25) is 0 Å². The smallest absolute Gasteiger partial charge is 0.114 e. The highest BCUT2D eigenvalue weighted by Crippen LogP contribution is 2.38. The zero-order valence-corrected chi connectivity index (χ0v) is 13.1. The van der Waals surface area contributed by atoms with Crippen molar-refractivity contribution < 1.29 is 5.11 Å². The van der Waals surface area contributed by atoms with Gasteiger partial charge in [0.1, 0.15) is 6.10 Å². The summed E-state index contributed by atoms with van der Waals surface area (Å²) < 4.78 is 0. The number of aryl methyl sites for hydroxylation is 4. The van der Waals surface area contributed by atoms with Gasteiger partial charge in [0, 0.05) is 9.75 Å². The molecule has 1 aliphatic rings. The van der Waals surface area contributed by atoms with Crippen LogP contribution in [0.25, 0.3) is 10.8 Å². The summed E-state index contributed by atoms with van der Waals surface area (Å²) in [4.78, 5) is 2.33. The lowest BCUT2D eigenvalue weighted by atomic mass is 9.96. The average Bonchev–Trinajstić information content (AvgIpc) is 3.05. The molecule has 2 aromatic carbocycles. The molecule has 1 nitrogen and oxygen atoms in total. The molecule has 1 aliphatic carbocycles. The first-order valence-corrected chi connectivity index (χ1v) is 8.25. The topological polar surface area (TPSA) is 20.2 Å². The van der Waals surface area contributed by atoms with Crippen LogP contribution >= 0.6 is 11.3 Å². The predicted molar refractivity (Wildman–Crippen MR) is 89.2 cm³/mol. The zero-order valence-electron chi connectivity index (χ0n) is 12.3. The molecule has 4 rings (SSSR count). The summed E-state index contributed by atoms with van der Waals surface area (Å²) in [6, 6.07) is 12.9. The molecular weight excluding hydrogens is 276 g/mol. The standard InChI is InChI=1S/C19H18OS/c1-11-10-17(21-12(11)2)19(20)16-9-8-14-7-6-13-4-3-5-15(16)18(13)14/h3-5,8-10,19-20H,6-7H2,1-2H3. The van der Waals surface area contributed by atoms with Crippen molar-refractivity contribution in [2.45, 2.75) is 32.8 Å². The van der Waals surface area contributed by atoms with Crippen LogP contribution in [0, 0.1) is 13.8 Å². The SMILES string of the molecule is Cc1cc(C(O)c2ccc3c4c(cccc24)CC3)sc1C. The minimum atomic E-state index is -0.521. The highest BCUT2D eigenvalue weighted by molar-refractivity contribution is 7.12. The molecule has 1 unspecified atom stereocenters. The summed E-state index contributed by atoms with van der Waals surface area (Å²) in [6.45, 7) is 4.22. The lowest BCUT2D eigenvalue weighted by Crippen LogP contribution is -1.99. The van der Waals surface area contributed by atoms with E-state index < -0.39 is 6.10 Å². The third-order valence-corrected chi connectivity index (χ3v) is 5.86. The largest absolute Gasteiger partial charge is 0.383 e. The molecule has 0 aliphatic heterocycles. The Hall–Kier alpha value is -1.64. The Morgan fingerprint density at radius 2 is 1.81 bits per heavy atom. The zero-order chi connectivity index (χ0) is 14.6. The van der Waals surface area contributed by atoms with E-state index in [1.54, 1.807) is 11.3 Å². The first-order valence-electron chi connectivity index (χ1n) is 7.43. The summed E-state index contributed by atoms with van der Waals surface area (Å²) in [5.41, 5.74) is 5.16. The van der Waals surface area contributed by atoms with Crippen molar-refractivity contribution >= 4 is 22.1 Å². The molecule has 1 atom stereocenters. The minimum Gasteiger partial charge on any atom is -0.383 e. The molecule has 0 saturated carbocycles. The Morgan fingerprint density at radius 3 is 2.52 bits per heavy atom. The average molecular weight is 294 g/mol. The lowest BCUT2D eigenvalue weighted by molar-refractivity contribution is 0.225. The fourth-order valence-electron chi connectivity index (χ4n) is 3.40. The number of rotatable bonds is 2. The molecule has 0 bridgehead atoms. The van der Waals surface area contributed by atoms with E-state index in [0.717, 1.165) is 23.3 Å². The van der Waals surface area contributed by atoms with Gasteiger partial charge in [-0.15, -0.1) is 11.3 Å². The molecule has 0 spiro atoms. The number of hydrogen-bond donors (Lipinski definition) is 1. The van der Waals surface area contributed by atoms with Gasteiger partial charge in [-0.1, -0.05) is 30.3 Å². The number of benzene rings is 2. The first kappa shape index (κ1) is 13.1. The van der Waals surface area contributed by atoms with E-state index in [1.165, 1.54) is 32.3 Å². The fraction of sp³-hybridized carbons (Fsp3) is 0.263.